The van der Waals surface area contributed by atoms with Gasteiger partial charge in [-0.25, -0.2) is 0 Å². The van der Waals surface area contributed by atoms with E-state index in [1.165, 1.54) is 57.8 Å². The highest BCUT2D eigenvalue weighted by molar-refractivity contribution is 4.68. The first kappa shape index (κ1) is 12.4. The Kier molecular flexibility index (Phi) is 7.10. The van der Waals surface area contributed by atoms with Crippen LogP contribution < -0.4 is 0 Å². The number of rotatable bonds is 1. The lowest BCUT2D eigenvalue weighted by atomic mass is 9.98. The fourth-order valence-electron chi connectivity index (χ4n) is 2.33. The quantitative estimate of drug-likeness (QED) is 0.332. The largest absolute Gasteiger partial charge is 0.0906 e. The predicted octanol–water partition coefficient (Wildman–Crippen LogP) is 4.97. The molecule has 0 heterocycles. The minimum atomic E-state index is 0.273. The van der Waals surface area contributed by atoms with E-state index in [0.717, 1.165) is 12.8 Å². The summed E-state index contributed by atoms with van der Waals surface area (Å²) in [7, 11) is 0. The molecule has 1 fully saturated rings. The summed E-state index contributed by atoms with van der Waals surface area (Å²) < 4.78 is 0. The SMILES string of the molecule is [N-]=[N+]=NC1CCCCCCCCCCC1. The van der Waals surface area contributed by atoms with E-state index in [0.29, 0.717) is 0 Å². The van der Waals surface area contributed by atoms with Crippen molar-refractivity contribution in [2.45, 2.75) is 76.7 Å². The van der Waals surface area contributed by atoms with Gasteiger partial charge in [0.1, 0.15) is 0 Å². The first-order valence-corrected chi connectivity index (χ1v) is 6.47. The molecule has 0 atom stereocenters. The monoisotopic (exact) mass is 209 g/mol. The lowest BCUT2D eigenvalue weighted by molar-refractivity contribution is 0.464. The van der Waals surface area contributed by atoms with Gasteiger partial charge in [0.25, 0.3) is 0 Å². The Labute approximate surface area is 92.9 Å². The molecule has 0 amide bonds. The Morgan fingerprint density at radius 1 is 0.733 bits per heavy atom. The Hall–Kier alpha value is -0.690. The molecule has 3 heteroatoms. The summed E-state index contributed by atoms with van der Waals surface area (Å²) in [6.07, 6.45) is 14.3. The van der Waals surface area contributed by atoms with Crippen LogP contribution >= 0.6 is 0 Å². The molecule has 0 radical (unpaired) electrons. The molecule has 86 valence electrons. The molecule has 15 heavy (non-hydrogen) atoms. The van der Waals surface area contributed by atoms with Crippen molar-refractivity contribution in [3.63, 3.8) is 0 Å². The van der Waals surface area contributed by atoms with E-state index in [1.807, 2.05) is 0 Å². The van der Waals surface area contributed by atoms with Crippen molar-refractivity contribution in [3.05, 3.63) is 10.4 Å². The molecular weight excluding hydrogens is 186 g/mol. The maximum Gasteiger partial charge on any atom is 0.0374 e. The van der Waals surface area contributed by atoms with E-state index in [1.54, 1.807) is 0 Å². The van der Waals surface area contributed by atoms with Crippen molar-refractivity contribution in [2.75, 3.05) is 0 Å². The normalized spacial score (nSPS) is 22.1. The van der Waals surface area contributed by atoms with Crippen LogP contribution in [0.15, 0.2) is 5.11 Å². The minimum Gasteiger partial charge on any atom is -0.0906 e. The molecule has 1 aliphatic carbocycles. The average molecular weight is 209 g/mol. The number of hydrogen-bond donors (Lipinski definition) is 0. The summed E-state index contributed by atoms with van der Waals surface area (Å²) >= 11 is 0. The van der Waals surface area contributed by atoms with Gasteiger partial charge in [-0.3, -0.25) is 0 Å². The third-order valence-electron chi connectivity index (χ3n) is 3.29. The Balaban J connectivity index is 2.28. The topological polar surface area (TPSA) is 48.8 Å². The highest BCUT2D eigenvalue weighted by atomic mass is 15.1. The van der Waals surface area contributed by atoms with Crippen molar-refractivity contribution in [1.29, 1.82) is 0 Å². The molecule has 3 nitrogen and oxygen atoms in total. The van der Waals surface area contributed by atoms with Crippen molar-refractivity contribution >= 4 is 0 Å². The van der Waals surface area contributed by atoms with E-state index in [-0.39, 0.29) is 6.04 Å². The van der Waals surface area contributed by atoms with Gasteiger partial charge in [-0.1, -0.05) is 62.9 Å². The summed E-state index contributed by atoms with van der Waals surface area (Å²) in [5, 5.41) is 3.89. The van der Waals surface area contributed by atoms with Gasteiger partial charge in [-0.15, -0.1) is 0 Å². The number of nitrogens with zero attached hydrogens (tertiary/aromatic N) is 3. The Bertz CT molecular complexity index is 185. The molecule has 0 N–H and O–H groups in total. The highest BCUT2D eigenvalue weighted by Gasteiger charge is 2.06. The van der Waals surface area contributed by atoms with Crippen molar-refractivity contribution < 1.29 is 0 Å². The minimum absolute atomic E-state index is 0.273. The number of azide groups is 1. The van der Waals surface area contributed by atoms with Gasteiger partial charge in [-0.2, -0.15) is 0 Å². The lowest BCUT2D eigenvalue weighted by Gasteiger charge is -2.12. The molecule has 0 aromatic carbocycles. The van der Waals surface area contributed by atoms with Crippen LogP contribution in [0.1, 0.15) is 70.6 Å². The standard InChI is InChI=1S/C12H23N3/c13-15-14-12-10-8-6-4-2-1-3-5-7-9-11-12/h12H,1-11H2. The van der Waals surface area contributed by atoms with Crippen LogP contribution in [0.3, 0.4) is 0 Å². The van der Waals surface area contributed by atoms with Crippen LogP contribution in [0.25, 0.3) is 10.4 Å². The Morgan fingerprint density at radius 3 is 1.53 bits per heavy atom. The molecule has 1 saturated carbocycles. The molecule has 0 unspecified atom stereocenters. The van der Waals surface area contributed by atoms with Gasteiger partial charge in [0.05, 0.1) is 0 Å². The van der Waals surface area contributed by atoms with Gasteiger partial charge < -0.3 is 0 Å². The first-order chi connectivity index (χ1) is 7.43. The molecule has 0 aromatic rings. The second-order valence-corrected chi connectivity index (χ2v) is 4.62. The lowest BCUT2D eigenvalue weighted by Crippen LogP contribution is -2.03. The molecule has 1 rings (SSSR count). The fourth-order valence-corrected chi connectivity index (χ4v) is 2.33. The third-order valence-corrected chi connectivity index (χ3v) is 3.29. The molecule has 0 saturated heterocycles. The van der Waals surface area contributed by atoms with Gasteiger partial charge >= 0.3 is 0 Å². The third kappa shape index (κ3) is 6.40. The number of hydrogen-bond acceptors (Lipinski definition) is 1. The Morgan fingerprint density at radius 2 is 1.13 bits per heavy atom. The smallest absolute Gasteiger partial charge is 0.0374 e. The van der Waals surface area contributed by atoms with E-state index < -0.39 is 0 Å². The van der Waals surface area contributed by atoms with Gasteiger partial charge in [0, 0.05) is 11.0 Å². The summed E-state index contributed by atoms with van der Waals surface area (Å²) in [5.41, 5.74) is 8.47. The van der Waals surface area contributed by atoms with Crippen LogP contribution in [0, 0.1) is 0 Å². The molecule has 0 spiro atoms. The summed E-state index contributed by atoms with van der Waals surface area (Å²) in [6.45, 7) is 0. The summed E-state index contributed by atoms with van der Waals surface area (Å²) in [5.74, 6) is 0. The zero-order valence-corrected chi connectivity index (χ0v) is 9.70. The highest BCUT2D eigenvalue weighted by Crippen LogP contribution is 2.18. The molecule has 1 aliphatic rings. The predicted molar refractivity (Wildman–Crippen MR) is 63.7 cm³/mol. The second-order valence-electron chi connectivity index (χ2n) is 4.62. The first-order valence-electron chi connectivity index (χ1n) is 6.47. The van der Waals surface area contributed by atoms with E-state index in [2.05, 4.69) is 10.0 Å². The zero-order valence-electron chi connectivity index (χ0n) is 9.70. The summed E-state index contributed by atoms with van der Waals surface area (Å²) in [4.78, 5) is 2.95. The van der Waals surface area contributed by atoms with Crippen LogP contribution in [0.4, 0.5) is 0 Å². The van der Waals surface area contributed by atoms with Gasteiger partial charge in [0.15, 0.2) is 0 Å². The van der Waals surface area contributed by atoms with Crippen LogP contribution in [-0.4, -0.2) is 6.04 Å². The maximum absolute atomic E-state index is 8.47. The molecule has 0 aromatic heterocycles. The van der Waals surface area contributed by atoms with E-state index in [4.69, 9.17) is 5.53 Å². The summed E-state index contributed by atoms with van der Waals surface area (Å²) in [6, 6.07) is 0.273. The average Bonchev–Trinajstić information content (AvgIpc) is 2.22. The van der Waals surface area contributed by atoms with Crippen molar-refractivity contribution in [2.24, 2.45) is 5.11 Å². The fraction of sp³-hybridized carbons (Fsp3) is 1.00. The van der Waals surface area contributed by atoms with Crippen molar-refractivity contribution in [1.82, 2.24) is 0 Å². The maximum atomic E-state index is 8.47. The molecular formula is C12H23N3. The van der Waals surface area contributed by atoms with Crippen LogP contribution in [0.2, 0.25) is 0 Å². The van der Waals surface area contributed by atoms with E-state index >= 15 is 0 Å². The van der Waals surface area contributed by atoms with Crippen LogP contribution in [-0.2, 0) is 0 Å². The molecule has 0 aliphatic heterocycles. The molecule has 0 bridgehead atoms. The van der Waals surface area contributed by atoms with Gasteiger partial charge in [-0.05, 0) is 18.4 Å². The second kappa shape index (κ2) is 8.60. The van der Waals surface area contributed by atoms with Crippen molar-refractivity contribution in [3.8, 4) is 0 Å². The van der Waals surface area contributed by atoms with Gasteiger partial charge in [0.2, 0.25) is 0 Å². The van der Waals surface area contributed by atoms with Crippen LogP contribution in [0.5, 0.6) is 0 Å². The van der Waals surface area contributed by atoms with E-state index in [9.17, 15) is 0 Å². The zero-order chi connectivity index (χ0) is 10.8.